The smallest absolute Gasteiger partial charge is 0.182 e. The number of rotatable bonds is 3. The predicted octanol–water partition coefficient (Wildman–Crippen LogP) is 2.59. The highest BCUT2D eigenvalue weighted by Crippen LogP contribution is 2.23. The SMILES string of the molecule is Cc1cccc(Cn2nnnc2-c2ccc(N)cc2C)c1. The Hall–Kier alpha value is -2.69. The molecule has 0 aliphatic rings. The predicted molar refractivity (Wildman–Crippen MR) is 82.7 cm³/mol. The first-order valence-corrected chi connectivity index (χ1v) is 6.82. The quantitative estimate of drug-likeness (QED) is 0.748. The highest BCUT2D eigenvalue weighted by molar-refractivity contribution is 5.63. The second-order valence-electron chi connectivity index (χ2n) is 5.22. The fourth-order valence-electron chi connectivity index (χ4n) is 2.43. The molecule has 0 spiro atoms. The first-order valence-electron chi connectivity index (χ1n) is 6.82. The van der Waals surface area contributed by atoms with Crippen molar-refractivity contribution >= 4 is 5.69 Å². The van der Waals surface area contributed by atoms with Gasteiger partial charge in [0.2, 0.25) is 0 Å². The maximum atomic E-state index is 5.80. The van der Waals surface area contributed by atoms with E-state index < -0.39 is 0 Å². The monoisotopic (exact) mass is 279 g/mol. The highest BCUT2D eigenvalue weighted by atomic mass is 15.5. The molecule has 2 N–H and O–H groups in total. The standard InChI is InChI=1S/C16H17N5/c1-11-4-3-5-13(8-11)10-21-16(18-19-20-21)15-7-6-14(17)9-12(15)2/h3-9H,10,17H2,1-2H3. The van der Waals surface area contributed by atoms with Crippen LogP contribution in [0, 0.1) is 13.8 Å². The lowest BCUT2D eigenvalue weighted by molar-refractivity contribution is 0.653. The molecule has 1 aromatic heterocycles. The maximum absolute atomic E-state index is 5.80. The van der Waals surface area contributed by atoms with Crippen LogP contribution in [-0.4, -0.2) is 20.2 Å². The highest BCUT2D eigenvalue weighted by Gasteiger charge is 2.12. The zero-order valence-electron chi connectivity index (χ0n) is 12.1. The second kappa shape index (κ2) is 5.36. The summed E-state index contributed by atoms with van der Waals surface area (Å²) in [5.74, 6) is 0.758. The normalized spacial score (nSPS) is 10.8. The molecule has 5 heteroatoms. The third-order valence-corrected chi connectivity index (χ3v) is 3.44. The summed E-state index contributed by atoms with van der Waals surface area (Å²) in [6, 6.07) is 14.1. The van der Waals surface area contributed by atoms with Crippen molar-refractivity contribution < 1.29 is 0 Å². The van der Waals surface area contributed by atoms with Crippen molar-refractivity contribution in [1.29, 1.82) is 0 Å². The molecule has 106 valence electrons. The summed E-state index contributed by atoms with van der Waals surface area (Å²) in [5, 5.41) is 12.1. The molecular weight excluding hydrogens is 262 g/mol. The molecule has 0 bridgehead atoms. The summed E-state index contributed by atoms with van der Waals surface area (Å²) in [4.78, 5) is 0. The molecule has 0 atom stereocenters. The fourth-order valence-corrected chi connectivity index (χ4v) is 2.43. The molecule has 0 fully saturated rings. The molecule has 3 aromatic rings. The van der Waals surface area contributed by atoms with E-state index >= 15 is 0 Å². The minimum absolute atomic E-state index is 0.647. The van der Waals surface area contributed by atoms with Gasteiger partial charge in [0.1, 0.15) is 0 Å². The van der Waals surface area contributed by atoms with Crippen LogP contribution in [-0.2, 0) is 6.54 Å². The number of hydrogen-bond donors (Lipinski definition) is 1. The van der Waals surface area contributed by atoms with E-state index in [1.54, 1.807) is 0 Å². The van der Waals surface area contributed by atoms with Crippen LogP contribution < -0.4 is 5.73 Å². The summed E-state index contributed by atoms with van der Waals surface area (Å²) in [6.45, 7) is 4.74. The molecule has 0 saturated heterocycles. The van der Waals surface area contributed by atoms with Gasteiger partial charge in [-0.25, -0.2) is 4.68 Å². The molecule has 1 heterocycles. The van der Waals surface area contributed by atoms with Crippen LogP contribution in [0.15, 0.2) is 42.5 Å². The lowest BCUT2D eigenvalue weighted by Gasteiger charge is -2.08. The van der Waals surface area contributed by atoms with Gasteiger partial charge in [-0.3, -0.25) is 0 Å². The van der Waals surface area contributed by atoms with Crippen molar-refractivity contribution in [1.82, 2.24) is 20.2 Å². The molecule has 5 nitrogen and oxygen atoms in total. The van der Waals surface area contributed by atoms with E-state index in [0.29, 0.717) is 6.54 Å². The summed E-state index contributed by atoms with van der Waals surface area (Å²) >= 11 is 0. The number of aryl methyl sites for hydroxylation is 2. The van der Waals surface area contributed by atoms with E-state index in [1.165, 1.54) is 11.1 Å². The van der Waals surface area contributed by atoms with E-state index in [-0.39, 0.29) is 0 Å². The lowest BCUT2D eigenvalue weighted by Crippen LogP contribution is -2.05. The van der Waals surface area contributed by atoms with Gasteiger partial charge in [0.05, 0.1) is 6.54 Å². The zero-order chi connectivity index (χ0) is 14.8. The van der Waals surface area contributed by atoms with Crippen molar-refractivity contribution in [3.63, 3.8) is 0 Å². The van der Waals surface area contributed by atoms with E-state index in [4.69, 9.17) is 5.73 Å². The zero-order valence-corrected chi connectivity index (χ0v) is 12.1. The third kappa shape index (κ3) is 2.76. The summed E-state index contributed by atoms with van der Waals surface area (Å²) < 4.78 is 1.81. The Labute approximate surface area is 123 Å². The second-order valence-corrected chi connectivity index (χ2v) is 5.22. The van der Waals surface area contributed by atoms with E-state index in [2.05, 4.69) is 40.6 Å². The van der Waals surface area contributed by atoms with Gasteiger partial charge in [-0.05, 0) is 53.6 Å². The molecule has 3 rings (SSSR count). The topological polar surface area (TPSA) is 69.6 Å². The molecule has 0 aliphatic heterocycles. The summed E-state index contributed by atoms with van der Waals surface area (Å²) in [7, 11) is 0. The van der Waals surface area contributed by atoms with Gasteiger partial charge in [-0.1, -0.05) is 29.8 Å². The third-order valence-electron chi connectivity index (χ3n) is 3.44. The van der Waals surface area contributed by atoms with Gasteiger partial charge >= 0.3 is 0 Å². The van der Waals surface area contributed by atoms with E-state index in [9.17, 15) is 0 Å². The lowest BCUT2D eigenvalue weighted by atomic mass is 10.1. The number of benzene rings is 2. The Balaban J connectivity index is 1.97. The minimum Gasteiger partial charge on any atom is -0.399 e. The summed E-state index contributed by atoms with van der Waals surface area (Å²) in [5.41, 5.74) is 11.0. The van der Waals surface area contributed by atoms with Crippen molar-refractivity contribution in [3.05, 3.63) is 59.2 Å². The number of aromatic nitrogens is 4. The van der Waals surface area contributed by atoms with Crippen LogP contribution in [0.1, 0.15) is 16.7 Å². The van der Waals surface area contributed by atoms with Crippen molar-refractivity contribution in [2.75, 3.05) is 5.73 Å². The molecule has 0 aliphatic carbocycles. The Morgan fingerprint density at radius 3 is 2.71 bits per heavy atom. The maximum Gasteiger partial charge on any atom is 0.182 e. The Morgan fingerprint density at radius 1 is 1.10 bits per heavy atom. The van der Waals surface area contributed by atoms with Crippen LogP contribution in [0.4, 0.5) is 5.69 Å². The molecule has 21 heavy (non-hydrogen) atoms. The minimum atomic E-state index is 0.647. The van der Waals surface area contributed by atoms with Crippen molar-refractivity contribution in [2.45, 2.75) is 20.4 Å². The van der Waals surface area contributed by atoms with Crippen LogP contribution in [0.25, 0.3) is 11.4 Å². The van der Waals surface area contributed by atoms with Gasteiger partial charge in [0.25, 0.3) is 0 Å². The molecule has 0 radical (unpaired) electrons. The first kappa shape index (κ1) is 13.3. The van der Waals surface area contributed by atoms with Gasteiger partial charge in [-0.15, -0.1) is 5.10 Å². The van der Waals surface area contributed by atoms with E-state index in [0.717, 1.165) is 22.6 Å². The van der Waals surface area contributed by atoms with Crippen molar-refractivity contribution in [3.8, 4) is 11.4 Å². The first-order chi connectivity index (χ1) is 10.1. The summed E-state index contributed by atoms with van der Waals surface area (Å²) in [6.07, 6.45) is 0. The van der Waals surface area contributed by atoms with Gasteiger partial charge in [0.15, 0.2) is 5.82 Å². The molecule has 0 saturated carbocycles. The largest absolute Gasteiger partial charge is 0.399 e. The average Bonchev–Trinajstić information content (AvgIpc) is 2.87. The number of nitrogens with two attached hydrogens (primary N) is 1. The number of hydrogen-bond acceptors (Lipinski definition) is 4. The number of tetrazole rings is 1. The number of nitrogen functional groups attached to an aromatic ring is 1. The molecule has 0 amide bonds. The van der Waals surface area contributed by atoms with Crippen LogP contribution >= 0.6 is 0 Å². The molecule has 2 aromatic carbocycles. The number of anilines is 1. The van der Waals surface area contributed by atoms with Crippen LogP contribution in [0.2, 0.25) is 0 Å². The fraction of sp³-hybridized carbons (Fsp3) is 0.188. The van der Waals surface area contributed by atoms with Gasteiger partial charge < -0.3 is 5.73 Å². The van der Waals surface area contributed by atoms with Crippen LogP contribution in [0.5, 0.6) is 0 Å². The Kier molecular flexibility index (Phi) is 3.39. The van der Waals surface area contributed by atoms with Crippen LogP contribution in [0.3, 0.4) is 0 Å². The average molecular weight is 279 g/mol. The van der Waals surface area contributed by atoms with Crippen molar-refractivity contribution in [2.24, 2.45) is 0 Å². The molecular formula is C16H17N5. The Morgan fingerprint density at radius 2 is 1.95 bits per heavy atom. The van der Waals surface area contributed by atoms with Gasteiger partial charge in [-0.2, -0.15) is 0 Å². The van der Waals surface area contributed by atoms with Gasteiger partial charge in [0, 0.05) is 11.3 Å². The Bertz CT molecular complexity index is 776. The van der Waals surface area contributed by atoms with E-state index in [1.807, 2.05) is 35.9 Å². The molecule has 0 unspecified atom stereocenters. The number of nitrogens with zero attached hydrogens (tertiary/aromatic N) is 4.